The zero-order valence-corrected chi connectivity index (χ0v) is 19.4. The molecule has 0 aliphatic rings. The highest BCUT2D eigenvalue weighted by Gasteiger charge is 2.22. The van der Waals surface area contributed by atoms with Crippen LogP contribution >= 0.6 is 0 Å². The molecular weight excluding hydrogens is 414 g/mol. The molecule has 0 atom stereocenters. The standard InChI is InChI=1S/C26H27N5O2/c1-5-33-14-8-13-30-18(4)27-24-22(26(30)32)23-25(29-21-10-7-6-9-20(21)28-23)31(24)19-12-11-16(2)17(3)15-19/h6-7,9-12,15H,5,8,13-14H2,1-4H3. The van der Waals surface area contributed by atoms with Gasteiger partial charge in [-0.15, -0.1) is 0 Å². The first kappa shape index (κ1) is 21.3. The summed E-state index contributed by atoms with van der Waals surface area (Å²) in [5, 5.41) is 0.503. The van der Waals surface area contributed by atoms with Crippen molar-refractivity contribution in [1.29, 1.82) is 0 Å². The zero-order chi connectivity index (χ0) is 23.1. The monoisotopic (exact) mass is 441 g/mol. The van der Waals surface area contributed by atoms with E-state index in [-0.39, 0.29) is 5.56 Å². The molecule has 0 saturated heterocycles. The number of nitrogens with zero attached hydrogens (tertiary/aromatic N) is 5. The maximum atomic E-state index is 13.7. The van der Waals surface area contributed by atoms with Gasteiger partial charge in [0.05, 0.1) is 11.0 Å². The van der Waals surface area contributed by atoms with Crippen molar-refractivity contribution < 1.29 is 4.74 Å². The van der Waals surface area contributed by atoms with Gasteiger partial charge in [-0.3, -0.25) is 13.9 Å². The molecule has 2 aromatic carbocycles. The van der Waals surface area contributed by atoms with Gasteiger partial charge in [0.1, 0.15) is 16.7 Å². The van der Waals surface area contributed by atoms with E-state index in [2.05, 4.69) is 26.0 Å². The highest BCUT2D eigenvalue weighted by Crippen LogP contribution is 2.29. The third-order valence-electron chi connectivity index (χ3n) is 6.18. The van der Waals surface area contributed by atoms with Gasteiger partial charge in [0.15, 0.2) is 11.3 Å². The van der Waals surface area contributed by atoms with Gasteiger partial charge in [0.25, 0.3) is 5.56 Å². The lowest BCUT2D eigenvalue weighted by Gasteiger charge is -2.12. The van der Waals surface area contributed by atoms with E-state index in [1.54, 1.807) is 4.57 Å². The van der Waals surface area contributed by atoms with Crippen LogP contribution in [-0.4, -0.2) is 37.3 Å². The third-order valence-corrected chi connectivity index (χ3v) is 6.18. The number of para-hydroxylation sites is 2. The van der Waals surface area contributed by atoms with Crippen molar-refractivity contribution in [1.82, 2.24) is 24.1 Å². The number of aryl methyl sites for hydroxylation is 3. The SMILES string of the molecule is CCOCCCn1c(C)nc2c(c1=O)c1nc3ccccc3nc1n2-c1ccc(C)c(C)c1. The number of benzene rings is 2. The van der Waals surface area contributed by atoms with Crippen molar-refractivity contribution in [2.75, 3.05) is 13.2 Å². The molecule has 5 aromatic rings. The van der Waals surface area contributed by atoms with Crippen LogP contribution in [0.4, 0.5) is 0 Å². The first-order chi connectivity index (χ1) is 16.0. The molecule has 0 aliphatic carbocycles. The van der Waals surface area contributed by atoms with Gasteiger partial charge >= 0.3 is 0 Å². The van der Waals surface area contributed by atoms with E-state index in [1.165, 1.54) is 5.56 Å². The van der Waals surface area contributed by atoms with Crippen molar-refractivity contribution in [2.45, 2.75) is 40.7 Å². The molecule has 33 heavy (non-hydrogen) atoms. The van der Waals surface area contributed by atoms with Crippen molar-refractivity contribution in [3.05, 3.63) is 69.8 Å². The zero-order valence-electron chi connectivity index (χ0n) is 19.4. The summed E-state index contributed by atoms with van der Waals surface area (Å²) in [5.74, 6) is 0.668. The summed E-state index contributed by atoms with van der Waals surface area (Å²) in [7, 11) is 0. The molecule has 0 bridgehead atoms. The lowest BCUT2D eigenvalue weighted by atomic mass is 10.1. The van der Waals surface area contributed by atoms with Crippen LogP contribution in [0.5, 0.6) is 0 Å². The Bertz CT molecular complexity index is 1560. The molecule has 0 radical (unpaired) electrons. The van der Waals surface area contributed by atoms with Gasteiger partial charge in [-0.25, -0.2) is 15.0 Å². The molecule has 0 aliphatic heterocycles. The van der Waals surface area contributed by atoms with E-state index in [0.717, 1.165) is 28.7 Å². The predicted molar refractivity (Wildman–Crippen MR) is 131 cm³/mol. The summed E-state index contributed by atoms with van der Waals surface area (Å²) in [6.07, 6.45) is 0.742. The molecular formula is C26H27N5O2. The Morgan fingerprint density at radius 1 is 0.909 bits per heavy atom. The van der Waals surface area contributed by atoms with E-state index < -0.39 is 0 Å². The second-order valence-electron chi connectivity index (χ2n) is 8.35. The van der Waals surface area contributed by atoms with Gasteiger partial charge in [-0.2, -0.15) is 0 Å². The average molecular weight is 442 g/mol. The molecule has 0 saturated carbocycles. The van der Waals surface area contributed by atoms with Crippen LogP contribution < -0.4 is 5.56 Å². The smallest absolute Gasteiger partial charge is 0.265 e. The Kier molecular flexibility index (Phi) is 5.42. The summed E-state index contributed by atoms with van der Waals surface area (Å²) >= 11 is 0. The molecule has 0 N–H and O–H groups in total. The van der Waals surface area contributed by atoms with E-state index in [0.29, 0.717) is 47.8 Å². The van der Waals surface area contributed by atoms with Crippen molar-refractivity contribution in [3.63, 3.8) is 0 Å². The topological polar surface area (TPSA) is 74.8 Å². The van der Waals surface area contributed by atoms with Crippen LogP contribution in [0, 0.1) is 20.8 Å². The summed E-state index contributed by atoms with van der Waals surface area (Å²) in [4.78, 5) is 28.4. The van der Waals surface area contributed by atoms with Crippen molar-refractivity contribution in [2.24, 2.45) is 0 Å². The molecule has 0 amide bonds. The lowest BCUT2D eigenvalue weighted by molar-refractivity contribution is 0.141. The maximum Gasteiger partial charge on any atom is 0.265 e. The molecule has 5 rings (SSSR count). The fraction of sp³-hybridized carbons (Fsp3) is 0.308. The van der Waals surface area contributed by atoms with Crippen LogP contribution in [0.2, 0.25) is 0 Å². The Labute approximate surface area is 191 Å². The van der Waals surface area contributed by atoms with Gasteiger partial charge in [0, 0.05) is 25.4 Å². The van der Waals surface area contributed by atoms with Crippen molar-refractivity contribution >= 4 is 33.2 Å². The van der Waals surface area contributed by atoms with E-state index in [9.17, 15) is 4.79 Å². The van der Waals surface area contributed by atoms with Crippen molar-refractivity contribution in [3.8, 4) is 5.69 Å². The highest BCUT2D eigenvalue weighted by molar-refractivity contribution is 6.05. The largest absolute Gasteiger partial charge is 0.382 e. The molecule has 7 heteroatoms. The first-order valence-electron chi connectivity index (χ1n) is 11.3. The summed E-state index contributed by atoms with van der Waals surface area (Å²) in [5.41, 5.74) is 6.55. The highest BCUT2D eigenvalue weighted by atomic mass is 16.5. The average Bonchev–Trinajstić information content (AvgIpc) is 3.11. The fourth-order valence-corrected chi connectivity index (χ4v) is 4.27. The molecule has 3 aromatic heterocycles. The van der Waals surface area contributed by atoms with Gasteiger partial charge in [-0.1, -0.05) is 18.2 Å². The number of fused-ring (bicyclic) bond motifs is 4. The second kappa shape index (κ2) is 8.41. The Morgan fingerprint density at radius 3 is 2.39 bits per heavy atom. The predicted octanol–water partition coefficient (Wildman–Crippen LogP) is 4.64. The minimum absolute atomic E-state index is 0.0915. The minimum Gasteiger partial charge on any atom is -0.382 e. The molecule has 0 spiro atoms. The van der Waals surface area contributed by atoms with Crippen LogP contribution in [0.1, 0.15) is 30.3 Å². The lowest BCUT2D eigenvalue weighted by Crippen LogP contribution is -2.24. The second-order valence-corrected chi connectivity index (χ2v) is 8.35. The molecule has 168 valence electrons. The third kappa shape index (κ3) is 3.58. The number of hydrogen-bond donors (Lipinski definition) is 0. The van der Waals surface area contributed by atoms with E-state index in [4.69, 9.17) is 19.7 Å². The summed E-state index contributed by atoms with van der Waals surface area (Å²) in [6, 6.07) is 14.0. The Hall–Kier alpha value is -3.58. The number of ether oxygens (including phenoxy) is 1. The Morgan fingerprint density at radius 2 is 1.67 bits per heavy atom. The summed E-state index contributed by atoms with van der Waals surface area (Å²) in [6.45, 7) is 9.83. The molecule has 3 heterocycles. The quantitative estimate of drug-likeness (QED) is 0.359. The molecule has 0 fully saturated rings. The van der Waals surface area contributed by atoms with E-state index in [1.807, 2.05) is 48.7 Å². The Balaban J connectivity index is 1.84. The van der Waals surface area contributed by atoms with Gasteiger partial charge in [0.2, 0.25) is 0 Å². The molecule has 7 nitrogen and oxygen atoms in total. The normalized spacial score (nSPS) is 11.8. The fourth-order valence-electron chi connectivity index (χ4n) is 4.27. The number of hydrogen-bond acceptors (Lipinski definition) is 5. The van der Waals surface area contributed by atoms with E-state index >= 15 is 0 Å². The first-order valence-corrected chi connectivity index (χ1v) is 11.3. The van der Waals surface area contributed by atoms with Gasteiger partial charge < -0.3 is 4.74 Å². The van der Waals surface area contributed by atoms with Crippen LogP contribution in [0.3, 0.4) is 0 Å². The number of rotatable bonds is 6. The van der Waals surface area contributed by atoms with Crippen LogP contribution in [0.25, 0.3) is 38.9 Å². The number of aromatic nitrogens is 5. The van der Waals surface area contributed by atoms with Crippen LogP contribution in [0.15, 0.2) is 47.3 Å². The minimum atomic E-state index is -0.0915. The van der Waals surface area contributed by atoms with Crippen LogP contribution in [-0.2, 0) is 11.3 Å². The maximum absolute atomic E-state index is 13.7. The summed E-state index contributed by atoms with van der Waals surface area (Å²) < 4.78 is 9.15. The molecule has 0 unspecified atom stereocenters. The van der Waals surface area contributed by atoms with Gasteiger partial charge in [-0.05, 0) is 69.5 Å².